The minimum atomic E-state index is -0.682. The molecule has 0 aromatic heterocycles. The van der Waals surface area contributed by atoms with Crippen molar-refractivity contribution in [2.45, 2.75) is 18.9 Å². The quantitative estimate of drug-likeness (QED) is 0.814. The number of anilines is 1. The van der Waals surface area contributed by atoms with Crippen LogP contribution in [0.2, 0.25) is 5.02 Å². The number of halogens is 1. The van der Waals surface area contributed by atoms with Crippen LogP contribution in [0, 0.1) is 5.92 Å². The molecule has 0 saturated carbocycles. The van der Waals surface area contributed by atoms with E-state index >= 15 is 0 Å². The molecule has 16 heavy (non-hydrogen) atoms. The zero-order valence-corrected chi connectivity index (χ0v) is 9.44. The Labute approximate surface area is 98.6 Å². The van der Waals surface area contributed by atoms with Crippen LogP contribution in [-0.4, -0.2) is 23.7 Å². The Balaban J connectivity index is 1.94. The monoisotopic (exact) mass is 237 g/mol. The van der Waals surface area contributed by atoms with E-state index in [9.17, 15) is 4.79 Å². The van der Waals surface area contributed by atoms with Crippen LogP contribution in [0.25, 0.3) is 0 Å². The molecule has 0 bridgehead atoms. The van der Waals surface area contributed by atoms with Crippen molar-refractivity contribution in [3.63, 3.8) is 0 Å². The van der Waals surface area contributed by atoms with Crippen molar-refractivity contribution >= 4 is 23.3 Å². The molecule has 0 aliphatic carbocycles. The van der Waals surface area contributed by atoms with Crippen LogP contribution < -0.4 is 4.90 Å². The standard InChI is InChI=1S/C12H12ClNO2/c13-10-2-1-3-11-9(10)5-8-4-7(12(15)16)6-14(8)11/h1-3,7-8H,4-6H2,(H,15,16). The molecular weight excluding hydrogens is 226 g/mol. The number of carboxylic acid groups (broad SMARTS) is 1. The van der Waals surface area contributed by atoms with Gasteiger partial charge in [0, 0.05) is 23.3 Å². The summed E-state index contributed by atoms with van der Waals surface area (Å²) in [5.41, 5.74) is 2.30. The maximum Gasteiger partial charge on any atom is 0.308 e. The molecule has 0 amide bonds. The number of hydrogen-bond acceptors (Lipinski definition) is 2. The molecule has 0 radical (unpaired) electrons. The molecule has 3 rings (SSSR count). The summed E-state index contributed by atoms with van der Waals surface area (Å²) >= 11 is 6.14. The Morgan fingerprint density at radius 3 is 3.06 bits per heavy atom. The van der Waals surface area contributed by atoms with Gasteiger partial charge in [-0.15, -0.1) is 0 Å². The Morgan fingerprint density at radius 1 is 1.50 bits per heavy atom. The summed E-state index contributed by atoms with van der Waals surface area (Å²) in [5.74, 6) is -0.907. The van der Waals surface area contributed by atoms with E-state index in [1.165, 1.54) is 5.56 Å². The second-order valence-electron chi connectivity index (χ2n) is 4.52. The first-order valence-electron chi connectivity index (χ1n) is 5.43. The van der Waals surface area contributed by atoms with Crippen molar-refractivity contribution in [2.75, 3.05) is 11.4 Å². The average Bonchev–Trinajstić information content (AvgIpc) is 2.76. The van der Waals surface area contributed by atoms with Gasteiger partial charge in [0.2, 0.25) is 0 Å². The van der Waals surface area contributed by atoms with Crippen LogP contribution in [0.3, 0.4) is 0 Å². The van der Waals surface area contributed by atoms with E-state index in [-0.39, 0.29) is 5.92 Å². The van der Waals surface area contributed by atoms with Crippen LogP contribution in [0.4, 0.5) is 5.69 Å². The lowest BCUT2D eigenvalue weighted by Gasteiger charge is -2.18. The van der Waals surface area contributed by atoms with Gasteiger partial charge in [-0.05, 0) is 30.5 Å². The maximum atomic E-state index is 11.0. The Hall–Kier alpha value is -1.22. The summed E-state index contributed by atoms with van der Waals surface area (Å²) in [4.78, 5) is 13.2. The summed E-state index contributed by atoms with van der Waals surface area (Å²) < 4.78 is 0. The van der Waals surface area contributed by atoms with E-state index in [0.717, 1.165) is 23.6 Å². The van der Waals surface area contributed by atoms with Gasteiger partial charge in [-0.25, -0.2) is 0 Å². The average molecular weight is 238 g/mol. The number of nitrogens with zero attached hydrogens (tertiary/aromatic N) is 1. The SMILES string of the molecule is O=C(O)C1CC2Cc3c(Cl)cccc3N2C1. The second kappa shape index (κ2) is 3.39. The third-order valence-electron chi connectivity index (χ3n) is 3.61. The van der Waals surface area contributed by atoms with Gasteiger partial charge in [0.1, 0.15) is 0 Å². The molecule has 2 heterocycles. The predicted octanol–water partition coefficient (Wildman–Crippen LogP) is 2.18. The first-order chi connectivity index (χ1) is 7.66. The van der Waals surface area contributed by atoms with E-state index in [1.54, 1.807) is 0 Å². The fourth-order valence-electron chi connectivity index (χ4n) is 2.84. The molecule has 1 N–H and O–H groups in total. The minimum Gasteiger partial charge on any atom is -0.481 e. The molecule has 1 saturated heterocycles. The number of fused-ring (bicyclic) bond motifs is 3. The molecule has 3 nitrogen and oxygen atoms in total. The first kappa shape index (κ1) is 9.97. The molecule has 1 fully saturated rings. The van der Waals surface area contributed by atoms with Crippen LogP contribution >= 0.6 is 11.6 Å². The molecule has 84 valence electrons. The topological polar surface area (TPSA) is 40.5 Å². The molecule has 2 unspecified atom stereocenters. The van der Waals surface area contributed by atoms with Gasteiger partial charge in [-0.1, -0.05) is 17.7 Å². The summed E-state index contributed by atoms with van der Waals surface area (Å²) in [6.45, 7) is 0.618. The largest absolute Gasteiger partial charge is 0.481 e. The summed E-state index contributed by atoms with van der Waals surface area (Å²) in [5, 5.41) is 9.82. The molecule has 2 aliphatic heterocycles. The lowest BCUT2D eigenvalue weighted by molar-refractivity contribution is -0.141. The Morgan fingerprint density at radius 2 is 2.31 bits per heavy atom. The van der Waals surface area contributed by atoms with Crippen molar-refractivity contribution < 1.29 is 9.90 Å². The number of carboxylic acids is 1. The van der Waals surface area contributed by atoms with Crippen LogP contribution in [0.5, 0.6) is 0 Å². The first-order valence-corrected chi connectivity index (χ1v) is 5.81. The molecule has 1 aromatic carbocycles. The van der Waals surface area contributed by atoms with Gasteiger partial charge in [0.15, 0.2) is 0 Å². The lowest BCUT2D eigenvalue weighted by Crippen LogP contribution is -2.25. The number of aliphatic carboxylic acids is 1. The van der Waals surface area contributed by atoms with Gasteiger partial charge in [0.25, 0.3) is 0 Å². The number of rotatable bonds is 1. The Kier molecular flexibility index (Phi) is 2.11. The highest BCUT2D eigenvalue weighted by Gasteiger charge is 2.41. The molecule has 2 atom stereocenters. The smallest absolute Gasteiger partial charge is 0.308 e. The fraction of sp³-hybridized carbons (Fsp3) is 0.417. The highest BCUT2D eigenvalue weighted by atomic mass is 35.5. The number of benzene rings is 1. The third-order valence-corrected chi connectivity index (χ3v) is 3.96. The summed E-state index contributed by atoms with van der Waals surface area (Å²) in [6.07, 6.45) is 1.62. The van der Waals surface area contributed by atoms with Crippen LogP contribution in [0.15, 0.2) is 18.2 Å². The summed E-state index contributed by atoms with van der Waals surface area (Å²) in [7, 11) is 0. The lowest BCUT2D eigenvalue weighted by atomic mass is 10.0. The van der Waals surface area contributed by atoms with Gasteiger partial charge < -0.3 is 10.0 Å². The number of carbonyl (C=O) groups is 1. The van der Waals surface area contributed by atoms with E-state index in [1.807, 2.05) is 18.2 Å². The minimum absolute atomic E-state index is 0.225. The zero-order valence-electron chi connectivity index (χ0n) is 8.69. The van der Waals surface area contributed by atoms with Crippen LogP contribution in [-0.2, 0) is 11.2 Å². The van der Waals surface area contributed by atoms with Gasteiger partial charge in [0.05, 0.1) is 5.92 Å². The molecule has 1 aromatic rings. The molecule has 0 spiro atoms. The van der Waals surface area contributed by atoms with Crippen LogP contribution in [0.1, 0.15) is 12.0 Å². The third kappa shape index (κ3) is 1.31. The maximum absolute atomic E-state index is 11.0. The van der Waals surface area contributed by atoms with Gasteiger partial charge in [-0.2, -0.15) is 0 Å². The second-order valence-corrected chi connectivity index (χ2v) is 4.93. The summed E-state index contributed by atoms with van der Waals surface area (Å²) in [6, 6.07) is 6.19. The van der Waals surface area contributed by atoms with Crippen molar-refractivity contribution in [2.24, 2.45) is 5.92 Å². The highest BCUT2D eigenvalue weighted by molar-refractivity contribution is 6.31. The zero-order chi connectivity index (χ0) is 11.3. The van der Waals surface area contributed by atoms with Crippen molar-refractivity contribution in [1.82, 2.24) is 0 Å². The highest BCUT2D eigenvalue weighted by Crippen LogP contribution is 2.42. The van der Waals surface area contributed by atoms with Crippen molar-refractivity contribution in [1.29, 1.82) is 0 Å². The normalized spacial score (nSPS) is 26.7. The molecule has 4 heteroatoms. The van der Waals surface area contributed by atoms with Crippen molar-refractivity contribution in [3.8, 4) is 0 Å². The molecule has 2 aliphatic rings. The van der Waals surface area contributed by atoms with Crippen molar-refractivity contribution in [3.05, 3.63) is 28.8 Å². The van der Waals surface area contributed by atoms with E-state index in [4.69, 9.17) is 16.7 Å². The van der Waals surface area contributed by atoms with Gasteiger partial charge in [-0.3, -0.25) is 4.79 Å². The fourth-order valence-corrected chi connectivity index (χ4v) is 3.08. The Bertz CT molecular complexity index is 460. The van der Waals surface area contributed by atoms with E-state index in [2.05, 4.69) is 4.90 Å². The van der Waals surface area contributed by atoms with E-state index in [0.29, 0.717) is 12.6 Å². The van der Waals surface area contributed by atoms with E-state index < -0.39 is 5.97 Å². The van der Waals surface area contributed by atoms with Gasteiger partial charge >= 0.3 is 5.97 Å². The predicted molar refractivity (Wildman–Crippen MR) is 62.0 cm³/mol. The number of hydrogen-bond donors (Lipinski definition) is 1. The molecular formula is C12H12ClNO2.